The summed E-state index contributed by atoms with van der Waals surface area (Å²) < 4.78 is 0. The lowest BCUT2D eigenvalue weighted by Crippen LogP contribution is -2.32. The van der Waals surface area contributed by atoms with Crippen LogP contribution in [0, 0.1) is 19.8 Å². The first-order valence-electron chi connectivity index (χ1n) is 9.94. The first-order chi connectivity index (χ1) is 13.8. The zero-order valence-corrected chi connectivity index (χ0v) is 18.0. The van der Waals surface area contributed by atoms with Crippen molar-refractivity contribution in [3.05, 3.63) is 34.4 Å². The number of nitrogens with one attached hydrogen (secondary N) is 1. The standard InChI is InChI=1S/C21H28N4O3S/c1-13-4-6-25(7-5-13)12-17-9-16(14(2)8-15(17)3)11-22-24-21-23-20(28)18(29-21)10-19(26)27/h8-9,11,13,18H,4-7,10,12H2,1-3H3,(H,26,27)(H,23,24,28). The van der Waals surface area contributed by atoms with E-state index in [4.69, 9.17) is 5.11 Å². The Morgan fingerprint density at radius 1 is 1.31 bits per heavy atom. The zero-order chi connectivity index (χ0) is 21.0. The van der Waals surface area contributed by atoms with E-state index in [0.29, 0.717) is 5.17 Å². The SMILES string of the molecule is Cc1cc(C)c(CN2CCC(C)CC2)cc1C=NN=C1NC(=O)C(CC(=O)O)S1. The number of carboxylic acids is 1. The first kappa shape index (κ1) is 21.5. The Hall–Kier alpha value is -2.19. The molecular formula is C21H28N4O3S. The molecule has 1 atom stereocenters. The van der Waals surface area contributed by atoms with Crippen LogP contribution in [-0.2, 0) is 16.1 Å². The molecule has 0 spiro atoms. The van der Waals surface area contributed by atoms with E-state index in [0.717, 1.165) is 48.4 Å². The number of rotatable bonds is 6. The van der Waals surface area contributed by atoms with Crippen molar-refractivity contribution in [3.63, 3.8) is 0 Å². The minimum atomic E-state index is -1.01. The Balaban J connectivity index is 1.67. The number of aryl methyl sites for hydroxylation is 2. The van der Waals surface area contributed by atoms with Crippen LogP contribution in [0.5, 0.6) is 0 Å². The maximum atomic E-state index is 11.8. The summed E-state index contributed by atoms with van der Waals surface area (Å²) in [6.07, 6.45) is 3.97. The summed E-state index contributed by atoms with van der Waals surface area (Å²) in [5.41, 5.74) is 4.69. The number of benzene rings is 1. The molecule has 29 heavy (non-hydrogen) atoms. The minimum absolute atomic E-state index is 0.227. The second kappa shape index (κ2) is 9.54. The highest BCUT2D eigenvalue weighted by atomic mass is 32.2. The van der Waals surface area contributed by atoms with Gasteiger partial charge in [0.1, 0.15) is 5.25 Å². The van der Waals surface area contributed by atoms with Crippen molar-refractivity contribution >= 4 is 35.0 Å². The van der Waals surface area contributed by atoms with Crippen molar-refractivity contribution in [2.45, 2.75) is 51.8 Å². The highest BCUT2D eigenvalue weighted by molar-refractivity contribution is 8.15. The van der Waals surface area contributed by atoms with Crippen molar-refractivity contribution in [2.75, 3.05) is 13.1 Å². The van der Waals surface area contributed by atoms with E-state index in [1.54, 1.807) is 6.21 Å². The number of hydrogen-bond acceptors (Lipinski definition) is 6. The summed E-state index contributed by atoms with van der Waals surface area (Å²) in [5.74, 6) is -0.527. The highest BCUT2D eigenvalue weighted by Crippen LogP contribution is 2.23. The van der Waals surface area contributed by atoms with Gasteiger partial charge < -0.3 is 10.4 Å². The molecule has 0 radical (unpaired) electrons. The lowest BCUT2D eigenvalue weighted by molar-refractivity contribution is -0.138. The van der Waals surface area contributed by atoms with Crippen LogP contribution >= 0.6 is 11.8 Å². The van der Waals surface area contributed by atoms with E-state index in [2.05, 4.69) is 46.4 Å². The number of thioether (sulfide) groups is 1. The van der Waals surface area contributed by atoms with Crippen molar-refractivity contribution < 1.29 is 14.7 Å². The number of likely N-dealkylation sites (tertiary alicyclic amines) is 1. The van der Waals surface area contributed by atoms with Gasteiger partial charge in [0.05, 0.1) is 12.6 Å². The summed E-state index contributed by atoms with van der Waals surface area (Å²) in [6.45, 7) is 9.72. The summed E-state index contributed by atoms with van der Waals surface area (Å²) in [5, 5.41) is 19.3. The molecule has 2 heterocycles. The Labute approximate surface area is 175 Å². The monoisotopic (exact) mass is 416 g/mol. The number of carboxylic acid groups (broad SMARTS) is 1. The summed E-state index contributed by atoms with van der Waals surface area (Å²) in [6, 6.07) is 4.34. The quantitative estimate of drug-likeness (QED) is 0.549. The average Bonchev–Trinajstić information content (AvgIpc) is 2.99. The van der Waals surface area contributed by atoms with Gasteiger partial charge >= 0.3 is 5.97 Å². The van der Waals surface area contributed by atoms with E-state index in [1.807, 2.05) is 6.92 Å². The van der Waals surface area contributed by atoms with Gasteiger partial charge in [0, 0.05) is 6.54 Å². The Kier molecular flexibility index (Phi) is 7.08. The van der Waals surface area contributed by atoms with Gasteiger partial charge in [-0.15, -0.1) is 5.10 Å². The number of nitrogens with zero attached hydrogens (tertiary/aromatic N) is 3. The maximum Gasteiger partial charge on any atom is 0.305 e. The van der Waals surface area contributed by atoms with Gasteiger partial charge in [-0.1, -0.05) is 24.8 Å². The number of aliphatic carboxylic acids is 1. The van der Waals surface area contributed by atoms with Gasteiger partial charge in [0.2, 0.25) is 5.91 Å². The average molecular weight is 417 g/mol. The largest absolute Gasteiger partial charge is 0.481 e. The van der Waals surface area contributed by atoms with Crippen molar-refractivity contribution in [1.29, 1.82) is 0 Å². The van der Waals surface area contributed by atoms with E-state index >= 15 is 0 Å². The van der Waals surface area contributed by atoms with Crippen LogP contribution in [0.2, 0.25) is 0 Å². The lowest BCUT2D eigenvalue weighted by atomic mass is 9.96. The smallest absolute Gasteiger partial charge is 0.305 e. The molecule has 0 aliphatic carbocycles. The molecule has 0 bridgehead atoms. The predicted molar refractivity (Wildman–Crippen MR) is 116 cm³/mol. The molecule has 2 saturated heterocycles. The number of piperidine rings is 1. The Bertz CT molecular complexity index is 845. The number of amides is 1. The normalized spacial score (nSPS) is 22.5. The van der Waals surface area contributed by atoms with E-state index < -0.39 is 11.2 Å². The van der Waals surface area contributed by atoms with Gasteiger partial charge in [0.25, 0.3) is 0 Å². The Morgan fingerprint density at radius 3 is 2.72 bits per heavy atom. The maximum absolute atomic E-state index is 11.8. The molecule has 7 nitrogen and oxygen atoms in total. The van der Waals surface area contributed by atoms with Crippen LogP contribution in [0.25, 0.3) is 0 Å². The molecule has 156 valence electrons. The van der Waals surface area contributed by atoms with Gasteiger partial charge in [-0.2, -0.15) is 5.10 Å². The molecule has 3 rings (SSSR count). The molecule has 2 aliphatic heterocycles. The molecular weight excluding hydrogens is 388 g/mol. The fourth-order valence-corrected chi connectivity index (χ4v) is 4.49. The molecule has 1 amide bonds. The molecule has 0 aromatic heterocycles. The van der Waals surface area contributed by atoms with Gasteiger partial charge in [-0.25, -0.2) is 0 Å². The fraction of sp³-hybridized carbons (Fsp3) is 0.524. The van der Waals surface area contributed by atoms with Gasteiger partial charge in [-0.3, -0.25) is 14.5 Å². The number of carbonyl (C=O) groups excluding carboxylic acids is 1. The van der Waals surface area contributed by atoms with Crippen LogP contribution in [-0.4, -0.2) is 51.6 Å². The van der Waals surface area contributed by atoms with Crippen LogP contribution in [0.4, 0.5) is 0 Å². The van der Waals surface area contributed by atoms with Crippen molar-refractivity contribution in [3.8, 4) is 0 Å². The van der Waals surface area contributed by atoms with Gasteiger partial charge in [-0.05, 0) is 74.0 Å². The first-order valence-corrected chi connectivity index (χ1v) is 10.8. The number of carbonyl (C=O) groups is 2. The molecule has 2 fully saturated rings. The summed E-state index contributed by atoms with van der Waals surface area (Å²) in [4.78, 5) is 25.1. The van der Waals surface area contributed by atoms with Crippen LogP contribution in [0.1, 0.15) is 48.4 Å². The molecule has 8 heteroatoms. The summed E-state index contributed by atoms with van der Waals surface area (Å²) in [7, 11) is 0. The number of amidine groups is 1. The summed E-state index contributed by atoms with van der Waals surface area (Å²) >= 11 is 1.10. The van der Waals surface area contributed by atoms with Gasteiger partial charge in [0.15, 0.2) is 5.17 Å². The zero-order valence-electron chi connectivity index (χ0n) is 17.1. The third-order valence-corrected chi connectivity index (χ3v) is 6.55. The molecule has 1 unspecified atom stereocenters. The lowest BCUT2D eigenvalue weighted by Gasteiger charge is -2.30. The molecule has 2 N–H and O–H groups in total. The van der Waals surface area contributed by atoms with E-state index in [1.165, 1.54) is 24.0 Å². The topological polar surface area (TPSA) is 94.4 Å². The minimum Gasteiger partial charge on any atom is -0.481 e. The molecule has 0 saturated carbocycles. The fourth-order valence-electron chi connectivity index (χ4n) is 3.58. The van der Waals surface area contributed by atoms with Crippen molar-refractivity contribution in [2.24, 2.45) is 16.1 Å². The van der Waals surface area contributed by atoms with Crippen molar-refractivity contribution in [1.82, 2.24) is 10.2 Å². The Morgan fingerprint density at radius 2 is 2.03 bits per heavy atom. The van der Waals surface area contributed by atoms with Crippen LogP contribution in [0.3, 0.4) is 0 Å². The predicted octanol–water partition coefficient (Wildman–Crippen LogP) is 2.93. The number of hydrogen-bond donors (Lipinski definition) is 2. The van der Waals surface area contributed by atoms with E-state index in [9.17, 15) is 9.59 Å². The molecule has 2 aliphatic rings. The van der Waals surface area contributed by atoms with E-state index in [-0.39, 0.29) is 12.3 Å². The van der Waals surface area contributed by atoms with Crippen LogP contribution < -0.4 is 5.32 Å². The highest BCUT2D eigenvalue weighted by Gasteiger charge is 2.32. The van der Waals surface area contributed by atoms with Crippen LogP contribution in [0.15, 0.2) is 22.3 Å². The third-order valence-electron chi connectivity index (χ3n) is 5.48. The second-order valence-corrected chi connectivity index (χ2v) is 9.13. The third kappa shape index (κ3) is 5.90. The second-order valence-electron chi connectivity index (χ2n) is 7.94. The molecule has 1 aromatic rings. The molecule has 1 aromatic carbocycles.